The summed E-state index contributed by atoms with van der Waals surface area (Å²) in [6, 6.07) is 17.2. The number of anilines is 1. The summed E-state index contributed by atoms with van der Waals surface area (Å²) in [5.41, 5.74) is 11.9. The monoisotopic (exact) mass is 396 g/mol. The Bertz CT molecular complexity index is 1190. The van der Waals surface area contributed by atoms with E-state index >= 15 is 0 Å². The van der Waals surface area contributed by atoms with Gasteiger partial charge in [0, 0.05) is 16.8 Å². The molecule has 0 radical (unpaired) electrons. The Hall–Kier alpha value is -3.66. The summed E-state index contributed by atoms with van der Waals surface area (Å²) in [6.07, 6.45) is 3.36. The van der Waals surface area contributed by atoms with Crippen LogP contribution in [0.2, 0.25) is 0 Å². The number of aromatic hydroxyl groups is 1. The van der Waals surface area contributed by atoms with Crippen LogP contribution in [0.4, 0.5) is 5.69 Å². The van der Waals surface area contributed by atoms with Crippen LogP contribution in [-0.2, 0) is 12.8 Å². The number of nitrogens with one attached hydrogen (secondary N) is 1. The number of fused-ring (bicyclic) bond motifs is 1. The molecule has 1 aliphatic carbocycles. The fraction of sp³-hybridized carbons (Fsp3) is 0.154. The second-order valence-corrected chi connectivity index (χ2v) is 7.51. The third-order valence-corrected chi connectivity index (χ3v) is 5.71. The highest BCUT2D eigenvalue weighted by molar-refractivity contribution is 6.41. The number of phenolic OH excluding ortho intramolecular Hbond substituents is 1. The lowest BCUT2D eigenvalue weighted by atomic mass is 9.82. The molecular weight excluding hydrogens is 372 g/mol. The zero-order valence-corrected chi connectivity index (χ0v) is 17.1. The fourth-order valence-electron chi connectivity index (χ4n) is 3.89. The number of hydrogen-bond acceptors (Lipinski definition) is 4. The van der Waals surface area contributed by atoms with Gasteiger partial charge in [0.2, 0.25) is 0 Å². The van der Waals surface area contributed by atoms with Crippen molar-refractivity contribution in [3.05, 3.63) is 88.5 Å². The molecule has 4 nitrogen and oxygen atoms in total. The van der Waals surface area contributed by atoms with Crippen molar-refractivity contribution in [3.8, 4) is 16.9 Å². The lowest BCUT2D eigenvalue weighted by molar-refractivity contribution is 0.105. The number of allylic oxidation sites excluding steroid dienone is 2. The number of nitrogen functional groups attached to an aromatic ring is 1. The summed E-state index contributed by atoms with van der Waals surface area (Å²) in [6.45, 7) is 4.15. The number of carbonyl (C=O) groups excluding carboxylic acids is 1. The third-order valence-electron chi connectivity index (χ3n) is 5.71. The second kappa shape index (κ2) is 7.64. The Morgan fingerprint density at radius 2 is 1.40 bits per heavy atom. The zero-order chi connectivity index (χ0) is 21.4. The molecule has 3 aromatic carbocycles. The van der Waals surface area contributed by atoms with Crippen molar-refractivity contribution in [1.29, 1.82) is 5.41 Å². The molecule has 0 bridgehead atoms. The van der Waals surface area contributed by atoms with E-state index in [1.165, 1.54) is 17.2 Å². The summed E-state index contributed by atoms with van der Waals surface area (Å²) in [4.78, 5) is 13.3. The van der Waals surface area contributed by atoms with E-state index in [1.54, 1.807) is 6.07 Å². The molecule has 0 unspecified atom stereocenters. The van der Waals surface area contributed by atoms with Crippen LogP contribution in [0, 0.1) is 5.41 Å². The van der Waals surface area contributed by atoms with E-state index in [0.29, 0.717) is 11.1 Å². The lowest BCUT2D eigenvalue weighted by Crippen LogP contribution is -2.19. The van der Waals surface area contributed by atoms with Gasteiger partial charge in [-0.05, 0) is 47.2 Å². The molecule has 0 heterocycles. The van der Waals surface area contributed by atoms with Crippen LogP contribution in [0.3, 0.4) is 0 Å². The molecule has 0 aliphatic heterocycles. The van der Waals surface area contributed by atoms with Gasteiger partial charge < -0.3 is 16.2 Å². The largest absolute Gasteiger partial charge is 0.507 e. The smallest absolute Gasteiger partial charge is 0.196 e. The molecular formula is C26H24N2O2. The first kappa shape index (κ1) is 19.6. The first-order valence-electron chi connectivity index (χ1n) is 10.1. The van der Waals surface area contributed by atoms with Crippen LogP contribution in [0.15, 0.2) is 60.7 Å². The summed E-state index contributed by atoms with van der Waals surface area (Å²) in [5.74, 6) is -0.357. The first-order valence-corrected chi connectivity index (χ1v) is 10.1. The van der Waals surface area contributed by atoms with Crippen molar-refractivity contribution in [3.63, 3.8) is 0 Å². The minimum atomic E-state index is -0.272. The molecule has 30 heavy (non-hydrogen) atoms. The molecule has 3 aromatic rings. The van der Waals surface area contributed by atoms with Gasteiger partial charge in [0.1, 0.15) is 5.75 Å². The molecule has 150 valence electrons. The van der Waals surface area contributed by atoms with Crippen LogP contribution in [-0.4, -0.2) is 16.6 Å². The van der Waals surface area contributed by atoms with E-state index < -0.39 is 0 Å². The van der Waals surface area contributed by atoms with Crippen LogP contribution < -0.4 is 5.73 Å². The normalized spacial score (nSPS) is 13.2. The number of aryl methyl sites for hydroxylation is 2. The molecule has 0 spiro atoms. The standard InChI is InChI=1S/C26H24N2O2/c1-3-15-5-9-17(10-6-15)19-13-21(27)24-23(25(19)29)22(28)14-20(26(24)30)18-11-7-16(4-2)8-12-18/h5-14,27,30H,3-4,28H2,1-2H3. The molecule has 0 aromatic heterocycles. The van der Waals surface area contributed by atoms with Gasteiger partial charge >= 0.3 is 0 Å². The van der Waals surface area contributed by atoms with Crippen molar-refractivity contribution in [2.75, 3.05) is 5.73 Å². The minimum Gasteiger partial charge on any atom is -0.507 e. The number of rotatable bonds is 4. The van der Waals surface area contributed by atoms with Crippen molar-refractivity contribution in [1.82, 2.24) is 0 Å². The summed E-state index contributed by atoms with van der Waals surface area (Å²) in [5, 5.41) is 19.5. The summed E-state index contributed by atoms with van der Waals surface area (Å²) in [7, 11) is 0. The van der Waals surface area contributed by atoms with Crippen LogP contribution in [0.25, 0.3) is 16.7 Å². The molecule has 4 heteroatoms. The summed E-state index contributed by atoms with van der Waals surface area (Å²) >= 11 is 0. The van der Waals surface area contributed by atoms with Gasteiger partial charge in [0.05, 0.1) is 16.8 Å². The highest BCUT2D eigenvalue weighted by atomic mass is 16.3. The van der Waals surface area contributed by atoms with Crippen molar-refractivity contribution >= 4 is 22.8 Å². The van der Waals surface area contributed by atoms with E-state index in [9.17, 15) is 9.90 Å². The minimum absolute atomic E-state index is 0.0791. The Balaban J connectivity index is 1.82. The number of hydrogen-bond donors (Lipinski definition) is 3. The van der Waals surface area contributed by atoms with Gasteiger partial charge in [-0.2, -0.15) is 0 Å². The van der Waals surface area contributed by atoms with Gasteiger partial charge in [-0.1, -0.05) is 62.4 Å². The number of phenols is 1. The van der Waals surface area contributed by atoms with Crippen molar-refractivity contribution < 1.29 is 9.90 Å². The second-order valence-electron chi connectivity index (χ2n) is 7.51. The highest BCUT2D eigenvalue weighted by Gasteiger charge is 2.31. The predicted octanol–water partition coefficient (Wildman–Crippen LogP) is 5.41. The predicted molar refractivity (Wildman–Crippen MR) is 122 cm³/mol. The molecule has 0 saturated heterocycles. The quantitative estimate of drug-likeness (QED) is 0.407. The van der Waals surface area contributed by atoms with Crippen LogP contribution >= 0.6 is 0 Å². The van der Waals surface area contributed by atoms with Crippen LogP contribution in [0.1, 0.15) is 46.5 Å². The van der Waals surface area contributed by atoms with E-state index in [2.05, 4.69) is 13.8 Å². The molecule has 0 amide bonds. The number of benzene rings is 3. The Kier molecular flexibility index (Phi) is 5.00. The Morgan fingerprint density at radius 3 is 1.93 bits per heavy atom. The average molecular weight is 396 g/mol. The van der Waals surface area contributed by atoms with Gasteiger partial charge in [-0.25, -0.2) is 0 Å². The first-order chi connectivity index (χ1) is 14.4. The van der Waals surface area contributed by atoms with Crippen molar-refractivity contribution in [2.24, 2.45) is 0 Å². The van der Waals surface area contributed by atoms with Crippen LogP contribution in [0.5, 0.6) is 5.75 Å². The third kappa shape index (κ3) is 3.20. The Morgan fingerprint density at radius 1 is 0.867 bits per heavy atom. The lowest BCUT2D eigenvalue weighted by Gasteiger charge is -2.22. The highest BCUT2D eigenvalue weighted by Crippen LogP contribution is 2.42. The SMILES string of the molecule is CCc1ccc(C2=CC(=N)c3c(O)c(-c4ccc(CC)cc4)cc(N)c3C2=O)cc1. The molecule has 0 saturated carbocycles. The fourth-order valence-corrected chi connectivity index (χ4v) is 3.89. The average Bonchev–Trinajstić information content (AvgIpc) is 2.77. The van der Waals surface area contributed by atoms with Gasteiger partial charge in [-0.3, -0.25) is 4.79 Å². The zero-order valence-electron chi connectivity index (χ0n) is 17.1. The van der Waals surface area contributed by atoms with Gasteiger partial charge in [0.15, 0.2) is 5.78 Å². The van der Waals surface area contributed by atoms with E-state index in [4.69, 9.17) is 11.1 Å². The molecule has 1 aliphatic rings. The number of carbonyl (C=O) groups is 1. The molecule has 0 atom stereocenters. The maximum Gasteiger partial charge on any atom is 0.196 e. The Labute approximate surface area is 176 Å². The number of ketones is 1. The maximum absolute atomic E-state index is 13.3. The molecule has 4 rings (SSSR count). The number of Topliss-reactive ketones (excluding diaryl/α,β-unsaturated/α-hetero) is 1. The summed E-state index contributed by atoms with van der Waals surface area (Å²) < 4.78 is 0. The van der Waals surface area contributed by atoms with Crippen molar-refractivity contribution in [2.45, 2.75) is 26.7 Å². The van der Waals surface area contributed by atoms with E-state index in [-0.39, 0.29) is 34.1 Å². The number of nitrogens with two attached hydrogens (primary N) is 1. The maximum atomic E-state index is 13.3. The molecule has 4 N–H and O–H groups in total. The van der Waals surface area contributed by atoms with E-state index in [0.717, 1.165) is 24.0 Å². The van der Waals surface area contributed by atoms with Gasteiger partial charge in [0.25, 0.3) is 0 Å². The van der Waals surface area contributed by atoms with E-state index in [1.807, 2.05) is 48.5 Å². The molecule has 0 fully saturated rings. The topological polar surface area (TPSA) is 87.2 Å². The van der Waals surface area contributed by atoms with Gasteiger partial charge in [-0.15, -0.1) is 0 Å².